The fourth-order valence-electron chi connectivity index (χ4n) is 4.24. The second-order valence-electron chi connectivity index (χ2n) is 9.05. The molecule has 0 N–H and O–H groups in total. The van der Waals surface area contributed by atoms with Crippen molar-refractivity contribution < 1.29 is 14.2 Å². The Morgan fingerprint density at radius 3 is 1.50 bits per heavy atom. The average Bonchev–Trinajstić information content (AvgIpc) is 2.81. The van der Waals surface area contributed by atoms with Gasteiger partial charge >= 0.3 is 0 Å². The Balaban J connectivity index is 1.44. The Bertz CT molecular complexity index is 733. The summed E-state index contributed by atoms with van der Waals surface area (Å²) in [6.07, 6.45) is 16.2. The molecular weight excluding hydrogens is 396 g/mol. The Morgan fingerprint density at radius 2 is 1.03 bits per heavy atom. The van der Waals surface area contributed by atoms with E-state index >= 15 is 0 Å². The van der Waals surface area contributed by atoms with Crippen molar-refractivity contribution in [2.45, 2.75) is 97.3 Å². The molecule has 3 heteroatoms. The van der Waals surface area contributed by atoms with Crippen molar-refractivity contribution in [2.75, 3.05) is 13.2 Å². The van der Waals surface area contributed by atoms with Gasteiger partial charge in [-0.1, -0.05) is 78.1 Å². The fourth-order valence-corrected chi connectivity index (χ4v) is 4.24. The van der Waals surface area contributed by atoms with Crippen molar-refractivity contribution in [1.82, 2.24) is 0 Å². The van der Waals surface area contributed by atoms with Gasteiger partial charge in [0.15, 0.2) is 0 Å². The van der Waals surface area contributed by atoms with Crippen molar-refractivity contribution in [3.8, 4) is 23.0 Å². The lowest BCUT2D eigenvalue weighted by Crippen LogP contribution is -2.05. The van der Waals surface area contributed by atoms with E-state index in [4.69, 9.17) is 14.2 Å². The van der Waals surface area contributed by atoms with Crippen LogP contribution in [-0.4, -0.2) is 13.2 Å². The molecule has 0 saturated carbocycles. The summed E-state index contributed by atoms with van der Waals surface area (Å²) in [7, 11) is 0. The van der Waals surface area contributed by atoms with Crippen LogP contribution in [0.3, 0.4) is 0 Å². The number of ether oxygens (including phenoxy) is 3. The van der Waals surface area contributed by atoms with Gasteiger partial charge in [0.05, 0.1) is 13.2 Å². The Morgan fingerprint density at radius 1 is 0.594 bits per heavy atom. The minimum absolute atomic E-state index is 0.790. The Hall–Kier alpha value is -2.16. The maximum atomic E-state index is 6.14. The van der Waals surface area contributed by atoms with Gasteiger partial charge in [-0.15, -0.1) is 0 Å². The number of hydrogen-bond donors (Lipinski definition) is 0. The monoisotopic (exact) mass is 438 g/mol. The van der Waals surface area contributed by atoms with Crippen molar-refractivity contribution in [1.29, 1.82) is 0 Å². The lowest BCUT2D eigenvalue weighted by atomic mass is 10.00. The van der Waals surface area contributed by atoms with Gasteiger partial charge in [0.1, 0.15) is 23.0 Å². The molecule has 0 aliphatic carbocycles. The third kappa shape index (κ3) is 8.07. The molecule has 1 aliphatic heterocycles. The smallest absolute Gasteiger partial charge is 0.131 e. The molecular formula is C29H42O3. The zero-order valence-electron chi connectivity index (χ0n) is 20.3. The molecule has 3 nitrogen and oxygen atoms in total. The second kappa shape index (κ2) is 14.1. The highest BCUT2D eigenvalue weighted by Crippen LogP contribution is 2.39. The molecule has 3 rings (SSSR count). The molecule has 2 aromatic rings. The summed E-state index contributed by atoms with van der Waals surface area (Å²) < 4.78 is 18.2. The Kier molecular flexibility index (Phi) is 10.8. The molecule has 0 amide bonds. The van der Waals surface area contributed by atoms with Crippen LogP contribution in [0.1, 0.15) is 102 Å². The molecule has 1 aliphatic rings. The first-order valence-electron chi connectivity index (χ1n) is 13.0. The van der Waals surface area contributed by atoms with Crippen LogP contribution < -0.4 is 14.2 Å². The topological polar surface area (TPSA) is 27.7 Å². The van der Waals surface area contributed by atoms with Crippen molar-refractivity contribution in [3.63, 3.8) is 0 Å². The van der Waals surface area contributed by atoms with Crippen LogP contribution in [0.25, 0.3) is 0 Å². The second-order valence-corrected chi connectivity index (χ2v) is 9.05. The maximum Gasteiger partial charge on any atom is 0.131 e. The van der Waals surface area contributed by atoms with Gasteiger partial charge in [-0.05, 0) is 49.2 Å². The normalized spacial score (nSPS) is 12.1. The fraction of sp³-hybridized carbons (Fsp3) is 0.586. The van der Waals surface area contributed by atoms with Gasteiger partial charge < -0.3 is 14.2 Å². The predicted molar refractivity (Wildman–Crippen MR) is 134 cm³/mol. The van der Waals surface area contributed by atoms with Crippen molar-refractivity contribution >= 4 is 0 Å². The van der Waals surface area contributed by atoms with Crippen LogP contribution >= 0.6 is 0 Å². The molecule has 0 aromatic heterocycles. The van der Waals surface area contributed by atoms with Gasteiger partial charge in [0, 0.05) is 17.5 Å². The molecule has 0 saturated heterocycles. The first-order valence-corrected chi connectivity index (χ1v) is 13.0. The number of unbranched alkanes of at least 4 members (excludes halogenated alkanes) is 10. The number of fused-ring (bicyclic) bond motifs is 2. The highest BCUT2D eigenvalue weighted by Gasteiger charge is 2.18. The quantitative estimate of drug-likeness (QED) is 0.209. The van der Waals surface area contributed by atoms with E-state index in [1.807, 2.05) is 24.3 Å². The molecule has 1 heterocycles. The standard InChI is InChI=1S/C29H42O3/c1-3-5-7-9-11-13-19-30-26-15-17-28-24(22-26)21-25-23-27(16-18-29(25)32-28)31-20-14-12-10-8-6-4-2/h15-18,22-23H,3-14,19-21H2,1-2H3. The predicted octanol–water partition coefficient (Wildman–Crippen LogP) is 8.86. The summed E-state index contributed by atoms with van der Waals surface area (Å²) in [6.45, 7) is 6.09. The van der Waals surface area contributed by atoms with E-state index in [1.54, 1.807) is 0 Å². The number of hydrogen-bond acceptors (Lipinski definition) is 3. The van der Waals surface area contributed by atoms with Crippen LogP contribution in [0, 0.1) is 0 Å². The maximum absolute atomic E-state index is 6.14. The van der Waals surface area contributed by atoms with E-state index in [-0.39, 0.29) is 0 Å². The van der Waals surface area contributed by atoms with E-state index in [0.717, 1.165) is 55.5 Å². The molecule has 176 valence electrons. The third-order valence-corrected chi connectivity index (χ3v) is 6.20. The molecule has 32 heavy (non-hydrogen) atoms. The van der Waals surface area contributed by atoms with Crippen LogP contribution in [-0.2, 0) is 6.42 Å². The van der Waals surface area contributed by atoms with Crippen LogP contribution in [0.2, 0.25) is 0 Å². The van der Waals surface area contributed by atoms with E-state index in [0.29, 0.717) is 0 Å². The van der Waals surface area contributed by atoms with Gasteiger partial charge in [-0.3, -0.25) is 0 Å². The molecule has 0 radical (unpaired) electrons. The van der Waals surface area contributed by atoms with Crippen molar-refractivity contribution in [3.05, 3.63) is 47.5 Å². The summed E-state index contributed by atoms with van der Waals surface area (Å²) >= 11 is 0. The first kappa shape index (κ1) is 24.5. The molecule has 0 unspecified atom stereocenters. The molecule has 0 bridgehead atoms. The van der Waals surface area contributed by atoms with Gasteiger partial charge in [-0.2, -0.15) is 0 Å². The number of benzene rings is 2. The van der Waals surface area contributed by atoms with E-state index in [2.05, 4.69) is 26.0 Å². The molecule has 0 spiro atoms. The van der Waals surface area contributed by atoms with Gasteiger partial charge in [0.2, 0.25) is 0 Å². The summed E-state index contributed by atoms with van der Waals surface area (Å²) in [5, 5.41) is 0. The van der Waals surface area contributed by atoms with Crippen LogP contribution in [0.15, 0.2) is 36.4 Å². The summed E-state index contributed by atoms with van der Waals surface area (Å²) in [4.78, 5) is 0. The zero-order valence-corrected chi connectivity index (χ0v) is 20.3. The van der Waals surface area contributed by atoms with Crippen LogP contribution in [0.4, 0.5) is 0 Å². The van der Waals surface area contributed by atoms with Gasteiger partial charge in [0.25, 0.3) is 0 Å². The highest BCUT2D eigenvalue weighted by molar-refractivity contribution is 5.53. The lowest BCUT2D eigenvalue weighted by molar-refractivity contribution is 0.302. The minimum atomic E-state index is 0.790. The van der Waals surface area contributed by atoms with E-state index in [1.165, 1.54) is 75.3 Å². The zero-order chi connectivity index (χ0) is 22.4. The average molecular weight is 439 g/mol. The summed E-state index contributed by atoms with van der Waals surface area (Å²) in [6, 6.07) is 12.4. The lowest BCUT2D eigenvalue weighted by Gasteiger charge is -2.21. The SMILES string of the molecule is CCCCCCCCOc1ccc2c(c1)Cc1cc(OCCCCCCCC)ccc1O2. The minimum Gasteiger partial charge on any atom is -0.494 e. The Labute approximate surface area is 195 Å². The molecule has 2 aromatic carbocycles. The largest absolute Gasteiger partial charge is 0.494 e. The highest BCUT2D eigenvalue weighted by atomic mass is 16.5. The van der Waals surface area contributed by atoms with Crippen LogP contribution in [0.5, 0.6) is 23.0 Å². The summed E-state index contributed by atoms with van der Waals surface area (Å²) in [5.74, 6) is 3.76. The molecule has 0 atom stereocenters. The summed E-state index contributed by atoms with van der Waals surface area (Å²) in [5.41, 5.74) is 2.37. The van der Waals surface area contributed by atoms with Gasteiger partial charge in [-0.25, -0.2) is 0 Å². The van der Waals surface area contributed by atoms with E-state index in [9.17, 15) is 0 Å². The van der Waals surface area contributed by atoms with Crippen molar-refractivity contribution in [2.24, 2.45) is 0 Å². The van der Waals surface area contributed by atoms with E-state index < -0.39 is 0 Å². The number of rotatable bonds is 16. The molecule has 0 fully saturated rings. The first-order chi connectivity index (χ1) is 15.8. The third-order valence-electron chi connectivity index (χ3n) is 6.20.